The molecule has 0 atom stereocenters. The zero-order valence-corrected chi connectivity index (χ0v) is 11.3. The van der Waals surface area contributed by atoms with E-state index in [9.17, 15) is 8.78 Å². The molecule has 3 N–H and O–H groups in total. The maximum atomic E-state index is 13.9. The van der Waals surface area contributed by atoms with Gasteiger partial charge in [-0.25, -0.2) is 8.78 Å². The first-order valence-corrected chi connectivity index (χ1v) is 6.41. The summed E-state index contributed by atoms with van der Waals surface area (Å²) in [4.78, 5) is 4.02. The van der Waals surface area contributed by atoms with Gasteiger partial charge in [0.1, 0.15) is 11.6 Å². The molecule has 5 heteroatoms. The van der Waals surface area contributed by atoms with Crippen molar-refractivity contribution in [2.45, 2.75) is 6.92 Å². The average Bonchev–Trinajstić information content (AvgIpc) is 2.48. The van der Waals surface area contributed by atoms with Crippen molar-refractivity contribution in [2.24, 2.45) is 0 Å². The number of benzene rings is 2. The Balaban J connectivity index is 2.11. The molecule has 1 aromatic heterocycles. The van der Waals surface area contributed by atoms with Gasteiger partial charge in [-0.05, 0) is 36.8 Å². The number of halogens is 2. The van der Waals surface area contributed by atoms with E-state index in [2.05, 4.69) is 10.3 Å². The molecule has 0 unspecified atom stereocenters. The smallest absolute Gasteiger partial charge is 0.147 e. The standard InChI is InChI=1S/C16H13F2N3/c1-9-6-13(18)16(7-12(9)17)21-15-3-2-14(19)11-8-20-5-4-10(11)15/h2-8,21H,19H2,1H3. The molecule has 0 aliphatic rings. The summed E-state index contributed by atoms with van der Waals surface area (Å²) in [7, 11) is 0. The summed E-state index contributed by atoms with van der Waals surface area (Å²) in [5.74, 6) is -0.965. The van der Waals surface area contributed by atoms with Crippen LogP contribution in [0.2, 0.25) is 0 Å². The molecular formula is C16H13F2N3. The molecular weight excluding hydrogens is 272 g/mol. The minimum Gasteiger partial charge on any atom is -0.398 e. The van der Waals surface area contributed by atoms with Gasteiger partial charge in [0, 0.05) is 40.6 Å². The van der Waals surface area contributed by atoms with Crippen LogP contribution in [-0.4, -0.2) is 4.98 Å². The molecule has 1 heterocycles. The average molecular weight is 285 g/mol. The van der Waals surface area contributed by atoms with E-state index >= 15 is 0 Å². The fourth-order valence-corrected chi connectivity index (χ4v) is 2.21. The van der Waals surface area contributed by atoms with Crippen molar-refractivity contribution in [3.63, 3.8) is 0 Å². The van der Waals surface area contributed by atoms with Gasteiger partial charge in [0.2, 0.25) is 0 Å². The van der Waals surface area contributed by atoms with Gasteiger partial charge in [0.05, 0.1) is 5.69 Å². The molecule has 0 aliphatic heterocycles. The third-order valence-corrected chi connectivity index (χ3v) is 3.37. The molecule has 3 aromatic rings. The number of fused-ring (bicyclic) bond motifs is 1. The number of pyridine rings is 1. The summed E-state index contributed by atoms with van der Waals surface area (Å²) in [6.07, 6.45) is 3.26. The summed E-state index contributed by atoms with van der Waals surface area (Å²) >= 11 is 0. The maximum absolute atomic E-state index is 13.9. The number of aryl methyl sites for hydroxylation is 1. The summed E-state index contributed by atoms with van der Waals surface area (Å²) in [6.45, 7) is 1.52. The molecule has 0 saturated carbocycles. The normalized spacial score (nSPS) is 10.8. The molecule has 2 aromatic carbocycles. The molecule has 0 bridgehead atoms. The van der Waals surface area contributed by atoms with Gasteiger partial charge in [-0.3, -0.25) is 4.98 Å². The summed E-state index contributed by atoms with van der Waals surface area (Å²) in [5, 5.41) is 4.47. The number of nitrogen functional groups attached to an aromatic ring is 1. The van der Waals surface area contributed by atoms with E-state index in [0.29, 0.717) is 11.4 Å². The van der Waals surface area contributed by atoms with E-state index in [1.807, 2.05) is 0 Å². The topological polar surface area (TPSA) is 50.9 Å². The first kappa shape index (κ1) is 13.3. The Hall–Kier alpha value is -2.69. The largest absolute Gasteiger partial charge is 0.398 e. The van der Waals surface area contributed by atoms with Crippen molar-refractivity contribution in [3.05, 3.63) is 59.9 Å². The Morgan fingerprint density at radius 1 is 1.00 bits per heavy atom. The summed E-state index contributed by atoms with van der Waals surface area (Å²) in [5.41, 5.74) is 7.47. The van der Waals surface area contributed by atoms with Crippen LogP contribution in [0.15, 0.2) is 42.7 Å². The van der Waals surface area contributed by atoms with Gasteiger partial charge in [-0.1, -0.05) is 0 Å². The third kappa shape index (κ3) is 2.38. The summed E-state index contributed by atoms with van der Waals surface area (Å²) < 4.78 is 27.5. The van der Waals surface area contributed by atoms with Crippen LogP contribution >= 0.6 is 0 Å². The van der Waals surface area contributed by atoms with E-state index in [4.69, 9.17) is 5.73 Å². The number of nitrogens with two attached hydrogens (primary N) is 1. The van der Waals surface area contributed by atoms with Gasteiger partial charge < -0.3 is 11.1 Å². The third-order valence-electron chi connectivity index (χ3n) is 3.37. The molecule has 0 saturated heterocycles. The zero-order valence-electron chi connectivity index (χ0n) is 11.3. The lowest BCUT2D eigenvalue weighted by atomic mass is 10.1. The highest BCUT2D eigenvalue weighted by Gasteiger charge is 2.10. The summed E-state index contributed by atoms with van der Waals surface area (Å²) in [6, 6.07) is 7.52. The lowest BCUT2D eigenvalue weighted by Gasteiger charge is -2.12. The highest BCUT2D eigenvalue weighted by molar-refractivity contribution is 6.01. The molecule has 0 spiro atoms. The minimum absolute atomic E-state index is 0.0842. The molecule has 0 aliphatic carbocycles. The lowest BCUT2D eigenvalue weighted by Crippen LogP contribution is -1.98. The van der Waals surface area contributed by atoms with Crippen molar-refractivity contribution in [1.29, 1.82) is 0 Å². The fourth-order valence-electron chi connectivity index (χ4n) is 2.21. The molecule has 21 heavy (non-hydrogen) atoms. The number of nitrogens with one attached hydrogen (secondary N) is 1. The van der Waals surface area contributed by atoms with E-state index in [1.165, 1.54) is 13.0 Å². The number of nitrogens with zero attached hydrogens (tertiary/aromatic N) is 1. The van der Waals surface area contributed by atoms with Gasteiger partial charge in [0.15, 0.2) is 0 Å². The molecule has 106 valence electrons. The van der Waals surface area contributed by atoms with Crippen molar-refractivity contribution in [2.75, 3.05) is 11.1 Å². The van der Waals surface area contributed by atoms with Crippen LogP contribution in [0.1, 0.15) is 5.56 Å². The maximum Gasteiger partial charge on any atom is 0.147 e. The molecule has 0 fully saturated rings. The highest BCUT2D eigenvalue weighted by atomic mass is 19.1. The van der Waals surface area contributed by atoms with Crippen molar-refractivity contribution < 1.29 is 8.78 Å². The quantitative estimate of drug-likeness (QED) is 0.695. The van der Waals surface area contributed by atoms with Gasteiger partial charge >= 0.3 is 0 Å². The van der Waals surface area contributed by atoms with Crippen LogP contribution < -0.4 is 11.1 Å². The van der Waals surface area contributed by atoms with Gasteiger partial charge in [0.25, 0.3) is 0 Å². The number of aromatic nitrogens is 1. The lowest BCUT2D eigenvalue weighted by molar-refractivity contribution is 0.596. The Labute approximate surface area is 120 Å². The van der Waals surface area contributed by atoms with Crippen LogP contribution in [0, 0.1) is 18.6 Å². The second kappa shape index (κ2) is 5.01. The van der Waals surface area contributed by atoms with E-state index in [-0.39, 0.29) is 11.3 Å². The SMILES string of the molecule is Cc1cc(F)c(Nc2ccc(N)c3cnccc23)cc1F. The minimum atomic E-state index is -0.507. The predicted octanol–water partition coefficient (Wildman–Crippen LogP) is 4.15. The van der Waals surface area contributed by atoms with Crippen LogP contribution in [0.3, 0.4) is 0 Å². The Morgan fingerprint density at radius 2 is 1.81 bits per heavy atom. The van der Waals surface area contributed by atoms with Crippen LogP contribution in [0.4, 0.5) is 25.8 Å². The molecule has 0 amide bonds. The molecule has 0 radical (unpaired) electrons. The highest BCUT2D eigenvalue weighted by Crippen LogP contribution is 2.31. The van der Waals surface area contributed by atoms with Gasteiger partial charge in [-0.15, -0.1) is 0 Å². The molecule has 3 rings (SSSR count). The Bertz CT molecular complexity index is 831. The number of rotatable bonds is 2. The second-order valence-corrected chi connectivity index (χ2v) is 4.83. The van der Waals surface area contributed by atoms with E-state index in [1.54, 1.807) is 30.6 Å². The van der Waals surface area contributed by atoms with Crippen molar-refractivity contribution >= 4 is 27.8 Å². The van der Waals surface area contributed by atoms with Crippen molar-refractivity contribution in [3.8, 4) is 0 Å². The Morgan fingerprint density at radius 3 is 2.62 bits per heavy atom. The van der Waals surface area contributed by atoms with Crippen molar-refractivity contribution in [1.82, 2.24) is 4.98 Å². The van der Waals surface area contributed by atoms with Crippen LogP contribution in [0.5, 0.6) is 0 Å². The zero-order chi connectivity index (χ0) is 15.0. The number of hydrogen-bond acceptors (Lipinski definition) is 3. The number of hydrogen-bond donors (Lipinski definition) is 2. The molecule has 3 nitrogen and oxygen atoms in total. The van der Waals surface area contributed by atoms with E-state index in [0.717, 1.165) is 16.8 Å². The Kier molecular flexibility index (Phi) is 3.17. The van der Waals surface area contributed by atoms with Gasteiger partial charge in [-0.2, -0.15) is 0 Å². The first-order chi connectivity index (χ1) is 10.1. The number of anilines is 3. The van der Waals surface area contributed by atoms with E-state index < -0.39 is 11.6 Å². The van der Waals surface area contributed by atoms with Crippen LogP contribution in [0.25, 0.3) is 10.8 Å². The first-order valence-electron chi connectivity index (χ1n) is 6.41. The monoisotopic (exact) mass is 285 g/mol. The fraction of sp³-hybridized carbons (Fsp3) is 0.0625. The predicted molar refractivity (Wildman–Crippen MR) is 80.5 cm³/mol. The van der Waals surface area contributed by atoms with Crippen LogP contribution in [-0.2, 0) is 0 Å². The second-order valence-electron chi connectivity index (χ2n) is 4.83.